The summed E-state index contributed by atoms with van der Waals surface area (Å²) in [5, 5.41) is 11.6. The number of aromatic carboxylic acids is 1. The van der Waals surface area contributed by atoms with Crippen LogP contribution in [0.2, 0.25) is 0 Å². The van der Waals surface area contributed by atoms with Crippen LogP contribution in [0.1, 0.15) is 35.2 Å². The molecule has 0 spiro atoms. The van der Waals surface area contributed by atoms with E-state index < -0.39 is 5.97 Å². The maximum absolute atomic E-state index is 11.8. The van der Waals surface area contributed by atoms with Crippen LogP contribution in [0.25, 0.3) is 0 Å². The standard InChI is InChI=1S/C14H17NO4/c16-13(12-3-1-2-8-19-12)15-9-10-4-6-11(7-5-10)14(17)18/h4-7,12H,1-3,8-9H2,(H,15,16)(H,17,18). The van der Waals surface area contributed by atoms with E-state index in [0.717, 1.165) is 24.8 Å². The molecule has 102 valence electrons. The number of carboxylic acid groups (broad SMARTS) is 1. The lowest BCUT2D eigenvalue weighted by Gasteiger charge is -2.21. The van der Waals surface area contributed by atoms with Crippen molar-refractivity contribution in [3.63, 3.8) is 0 Å². The van der Waals surface area contributed by atoms with E-state index in [1.165, 1.54) is 12.1 Å². The molecule has 5 heteroatoms. The van der Waals surface area contributed by atoms with Gasteiger partial charge in [0.15, 0.2) is 0 Å². The van der Waals surface area contributed by atoms with E-state index in [1.54, 1.807) is 12.1 Å². The van der Waals surface area contributed by atoms with Gasteiger partial charge in [-0.25, -0.2) is 4.79 Å². The molecule has 0 aliphatic carbocycles. The zero-order valence-corrected chi connectivity index (χ0v) is 10.6. The molecule has 1 heterocycles. The van der Waals surface area contributed by atoms with Crippen LogP contribution in [-0.4, -0.2) is 29.7 Å². The molecule has 0 saturated carbocycles. The summed E-state index contributed by atoms with van der Waals surface area (Å²) in [5.41, 5.74) is 1.11. The van der Waals surface area contributed by atoms with Gasteiger partial charge in [0.25, 0.3) is 0 Å². The maximum Gasteiger partial charge on any atom is 0.335 e. The quantitative estimate of drug-likeness (QED) is 0.864. The second kappa shape index (κ2) is 6.33. The lowest BCUT2D eigenvalue weighted by molar-refractivity contribution is -0.135. The molecule has 1 unspecified atom stereocenters. The molecule has 1 aliphatic rings. The van der Waals surface area contributed by atoms with Gasteiger partial charge >= 0.3 is 5.97 Å². The Balaban J connectivity index is 1.84. The molecule has 1 aromatic rings. The molecular formula is C14H17NO4. The monoisotopic (exact) mass is 263 g/mol. The van der Waals surface area contributed by atoms with Gasteiger partial charge < -0.3 is 15.2 Å². The molecule has 0 radical (unpaired) electrons. The Morgan fingerprint density at radius 1 is 1.26 bits per heavy atom. The zero-order chi connectivity index (χ0) is 13.7. The Morgan fingerprint density at radius 3 is 2.58 bits per heavy atom. The first-order chi connectivity index (χ1) is 9.16. The molecule has 1 amide bonds. The third-order valence-electron chi connectivity index (χ3n) is 3.14. The highest BCUT2D eigenvalue weighted by atomic mass is 16.5. The number of carbonyl (C=O) groups is 2. The van der Waals surface area contributed by atoms with Crippen LogP contribution >= 0.6 is 0 Å². The highest BCUT2D eigenvalue weighted by Gasteiger charge is 2.21. The minimum Gasteiger partial charge on any atom is -0.478 e. The van der Waals surface area contributed by atoms with Crippen LogP contribution in [0, 0.1) is 0 Å². The summed E-state index contributed by atoms with van der Waals surface area (Å²) >= 11 is 0. The molecule has 2 N–H and O–H groups in total. The maximum atomic E-state index is 11.8. The molecule has 1 fully saturated rings. The Labute approximate surface area is 111 Å². The van der Waals surface area contributed by atoms with Crippen LogP contribution in [0.3, 0.4) is 0 Å². The van der Waals surface area contributed by atoms with Crippen molar-refractivity contribution in [1.29, 1.82) is 0 Å². The summed E-state index contributed by atoms with van der Waals surface area (Å²) in [6, 6.07) is 6.46. The highest BCUT2D eigenvalue weighted by molar-refractivity contribution is 5.87. The molecular weight excluding hydrogens is 246 g/mol. The average Bonchev–Trinajstić information content (AvgIpc) is 2.46. The summed E-state index contributed by atoms with van der Waals surface area (Å²) in [7, 11) is 0. The molecule has 0 bridgehead atoms. The fraction of sp³-hybridized carbons (Fsp3) is 0.429. The van der Waals surface area contributed by atoms with Gasteiger partial charge in [0.1, 0.15) is 6.10 Å². The number of amides is 1. The van der Waals surface area contributed by atoms with Gasteiger partial charge in [-0.15, -0.1) is 0 Å². The lowest BCUT2D eigenvalue weighted by atomic mass is 10.1. The normalized spacial score (nSPS) is 18.8. The summed E-state index contributed by atoms with van der Waals surface area (Å²) < 4.78 is 5.39. The molecule has 1 atom stereocenters. The second-order valence-electron chi connectivity index (χ2n) is 4.58. The Kier molecular flexibility index (Phi) is 4.52. The van der Waals surface area contributed by atoms with Crippen LogP contribution in [0.15, 0.2) is 24.3 Å². The molecule has 1 aromatic carbocycles. The van der Waals surface area contributed by atoms with E-state index >= 15 is 0 Å². The van der Waals surface area contributed by atoms with Gasteiger partial charge in [0.2, 0.25) is 5.91 Å². The van der Waals surface area contributed by atoms with Gasteiger partial charge in [-0.3, -0.25) is 4.79 Å². The van der Waals surface area contributed by atoms with Gasteiger partial charge in [-0.1, -0.05) is 12.1 Å². The fourth-order valence-corrected chi connectivity index (χ4v) is 2.02. The van der Waals surface area contributed by atoms with E-state index in [9.17, 15) is 9.59 Å². The number of carboxylic acids is 1. The van der Waals surface area contributed by atoms with Crippen molar-refractivity contribution >= 4 is 11.9 Å². The van der Waals surface area contributed by atoms with E-state index in [-0.39, 0.29) is 17.6 Å². The van der Waals surface area contributed by atoms with Crippen LogP contribution in [0.5, 0.6) is 0 Å². The number of rotatable bonds is 4. The minimum absolute atomic E-state index is 0.0954. The highest BCUT2D eigenvalue weighted by Crippen LogP contribution is 2.13. The van der Waals surface area contributed by atoms with Crippen molar-refractivity contribution in [2.24, 2.45) is 0 Å². The summed E-state index contributed by atoms with van der Waals surface area (Å²) in [4.78, 5) is 22.5. The topological polar surface area (TPSA) is 75.6 Å². The van der Waals surface area contributed by atoms with Gasteiger partial charge in [-0.2, -0.15) is 0 Å². The third kappa shape index (κ3) is 3.79. The lowest BCUT2D eigenvalue weighted by Crippen LogP contribution is -2.37. The van der Waals surface area contributed by atoms with Crippen LogP contribution in [0.4, 0.5) is 0 Å². The molecule has 19 heavy (non-hydrogen) atoms. The van der Waals surface area contributed by atoms with Crippen molar-refractivity contribution in [2.45, 2.75) is 31.9 Å². The number of hydrogen-bond donors (Lipinski definition) is 2. The summed E-state index contributed by atoms with van der Waals surface area (Å²) in [6.07, 6.45) is 2.46. The van der Waals surface area contributed by atoms with Crippen molar-refractivity contribution in [3.8, 4) is 0 Å². The molecule has 5 nitrogen and oxygen atoms in total. The number of ether oxygens (including phenoxy) is 1. The fourth-order valence-electron chi connectivity index (χ4n) is 2.02. The molecule has 0 aromatic heterocycles. The van der Waals surface area contributed by atoms with Crippen LogP contribution < -0.4 is 5.32 Å². The Hall–Kier alpha value is -1.88. The average molecular weight is 263 g/mol. The van der Waals surface area contributed by atoms with Gasteiger partial charge in [-0.05, 0) is 37.0 Å². The first kappa shape index (κ1) is 13.5. The van der Waals surface area contributed by atoms with Crippen molar-refractivity contribution in [3.05, 3.63) is 35.4 Å². The smallest absolute Gasteiger partial charge is 0.335 e. The van der Waals surface area contributed by atoms with Gasteiger partial charge in [0, 0.05) is 13.2 Å². The number of nitrogens with one attached hydrogen (secondary N) is 1. The van der Waals surface area contributed by atoms with Crippen molar-refractivity contribution in [2.75, 3.05) is 6.61 Å². The van der Waals surface area contributed by atoms with E-state index in [1.807, 2.05) is 0 Å². The SMILES string of the molecule is O=C(O)c1ccc(CNC(=O)C2CCCCO2)cc1. The predicted molar refractivity (Wildman–Crippen MR) is 68.8 cm³/mol. The van der Waals surface area contributed by atoms with Crippen LogP contribution in [-0.2, 0) is 16.1 Å². The van der Waals surface area contributed by atoms with E-state index in [2.05, 4.69) is 5.32 Å². The zero-order valence-electron chi connectivity index (χ0n) is 10.6. The third-order valence-corrected chi connectivity index (χ3v) is 3.14. The predicted octanol–water partition coefficient (Wildman–Crippen LogP) is 1.57. The van der Waals surface area contributed by atoms with E-state index in [4.69, 9.17) is 9.84 Å². The molecule has 1 saturated heterocycles. The number of hydrogen-bond acceptors (Lipinski definition) is 3. The number of benzene rings is 1. The summed E-state index contributed by atoms with van der Waals surface area (Å²) in [6.45, 7) is 1.03. The Morgan fingerprint density at radius 2 is 2.00 bits per heavy atom. The van der Waals surface area contributed by atoms with Gasteiger partial charge in [0.05, 0.1) is 5.56 Å². The molecule has 2 rings (SSSR count). The minimum atomic E-state index is -0.953. The summed E-state index contributed by atoms with van der Waals surface area (Å²) in [5.74, 6) is -1.05. The first-order valence-corrected chi connectivity index (χ1v) is 6.38. The van der Waals surface area contributed by atoms with Crippen molar-refractivity contribution in [1.82, 2.24) is 5.32 Å². The van der Waals surface area contributed by atoms with Crippen molar-refractivity contribution < 1.29 is 19.4 Å². The largest absolute Gasteiger partial charge is 0.478 e. The number of carbonyl (C=O) groups excluding carboxylic acids is 1. The van der Waals surface area contributed by atoms with E-state index in [0.29, 0.717) is 13.2 Å². The Bertz CT molecular complexity index is 449. The second-order valence-corrected chi connectivity index (χ2v) is 4.58. The molecule has 1 aliphatic heterocycles. The first-order valence-electron chi connectivity index (χ1n) is 6.38.